The van der Waals surface area contributed by atoms with Gasteiger partial charge in [0, 0.05) is 57.1 Å². The van der Waals surface area contributed by atoms with E-state index in [1.165, 1.54) is 25.3 Å². The van der Waals surface area contributed by atoms with Crippen LogP contribution >= 0.6 is 0 Å². The molecule has 0 saturated heterocycles. The molecule has 67 heavy (non-hydrogen) atoms. The number of ketones is 5. The maximum atomic E-state index is 14.1. The largest absolute Gasteiger partial charge is 0.385 e. The average molecular weight is 942 g/mol. The average Bonchev–Trinajstić information content (AvgIpc) is 3.23. The molecule has 0 fully saturated rings. The second-order valence-corrected chi connectivity index (χ2v) is 21.0. The Bertz CT molecular complexity index is 1780. The molecule has 0 aliphatic carbocycles. The molecule has 3 amide bonds. The number of likely N-dealkylation sites (N-methyl/N-ethyl adjacent to an activating group) is 1. The maximum Gasteiger partial charge on any atom is 0.226 e. The van der Waals surface area contributed by atoms with Gasteiger partial charge in [0.25, 0.3) is 0 Å². The van der Waals surface area contributed by atoms with Crippen molar-refractivity contribution in [2.75, 3.05) is 13.7 Å². The minimum atomic E-state index is -1.30. The highest BCUT2D eigenvalue weighted by Gasteiger charge is 2.37. The molecular weight excluding hydrogens is 855 g/mol. The van der Waals surface area contributed by atoms with Gasteiger partial charge in [0.05, 0.1) is 41.9 Å². The predicted octanol–water partition coefficient (Wildman–Crippen LogP) is 7.76. The van der Waals surface area contributed by atoms with Gasteiger partial charge in [0.15, 0.2) is 28.9 Å². The van der Waals surface area contributed by atoms with Crippen molar-refractivity contribution in [2.24, 2.45) is 23.7 Å². The molecule has 0 saturated carbocycles. The molecule has 0 radical (unpaired) electrons. The number of nitrogens with one attached hydrogen (secondary N) is 2. The summed E-state index contributed by atoms with van der Waals surface area (Å²) >= 11 is 0. The number of carbonyl (C=O) groups is 8. The molecule has 1 aromatic carbocycles. The molecule has 0 aliphatic heterocycles. The van der Waals surface area contributed by atoms with E-state index in [1.807, 2.05) is 67.5 Å². The zero-order chi connectivity index (χ0) is 51.4. The number of benzene rings is 1. The highest BCUT2D eigenvalue weighted by molar-refractivity contribution is 6.00. The fraction of sp³-hybridized carbons (Fsp3) is 0.736. The van der Waals surface area contributed by atoms with Gasteiger partial charge >= 0.3 is 0 Å². The number of hydrogen-bond acceptors (Lipinski definition) is 11. The first-order valence-corrected chi connectivity index (χ1v) is 24.6. The van der Waals surface area contributed by atoms with Crippen LogP contribution < -0.4 is 10.6 Å². The molecule has 0 aromatic heterocycles. The van der Waals surface area contributed by atoms with Crippen molar-refractivity contribution < 1.29 is 52.9 Å². The van der Waals surface area contributed by atoms with Crippen LogP contribution in [0.1, 0.15) is 183 Å². The van der Waals surface area contributed by atoms with Crippen molar-refractivity contribution in [2.45, 2.75) is 216 Å². The predicted molar refractivity (Wildman–Crippen MR) is 261 cm³/mol. The number of rotatable bonds is 32. The minimum absolute atomic E-state index is 0.0217. The Morgan fingerprint density at radius 1 is 0.701 bits per heavy atom. The number of unbranched alkanes of at least 4 members (excludes halogenated alkanes) is 3. The quantitative estimate of drug-likeness (QED) is 0.0471. The minimum Gasteiger partial charge on any atom is -0.385 e. The maximum absolute atomic E-state index is 14.1. The Hall–Kier alpha value is -4.14. The molecule has 1 aromatic rings. The van der Waals surface area contributed by atoms with Crippen molar-refractivity contribution in [1.82, 2.24) is 15.5 Å². The monoisotopic (exact) mass is 942 g/mol. The van der Waals surface area contributed by atoms with Crippen LogP contribution in [0.3, 0.4) is 0 Å². The van der Waals surface area contributed by atoms with Gasteiger partial charge in [-0.25, -0.2) is 0 Å². The summed E-state index contributed by atoms with van der Waals surface area (Å²) in [4.78, 5) is 109. The summed E-state index contributed by atoms with van der Waals surface area (Å²) < 4.78 is 12.1. The molecule has 0 aliphatic rings. The van der Waals surface area contributed by atoms with E-state index in [9.17, 15) is 43.5 Å². The molecule has 8 atom stereocenters. The van der Waals surface area contributed by atoms with Crippen LogP contribution in [0.25, 0.3) is 0 Å². The smallest absolute Gasteiger partial charge is 0.226 e. The molecular formula is C53H87N3O11. The molecule has 14 heteroatoms. The number of carbonyl (C=O) groups excluding carboxylic acids is 8. The normalized spacial score (nSPS) is 15.6. The molecule has 1 rings (SSSR count). The number of Topliss-reactive ketones (excluding diaryl/α,β-unsaturated/α-hetero) is 5. The standard InChI is InChI=1S/C53H87N3O11/c1-16-18-19-20-21-38-22-24-39(25-23-38)44(59)31-40(32-66-52(9,10)11)51(65)54-36(7)43(58)26-27-47(62)56(15)48(37(8)67-53(12,13)14)46(61)30-35(6)50(64)55-41(28-33(3)4)45(60)29-34(5)49(63)42(57)17-2/h22-25,33-37,40-41,48-49,63H,16-21,26-32H2,1-15H3,(H,54,65)(H,55,64)/t34?,35-,36-,37?,40-,41+,48+,49?/m1/s1. The fourth-order valence-corrected chi connectivity index (χ4v) is 7.81. The Morgan fingerprint density at radius 3 is 1.85 bits per heavy atom. The number of amides is 3. The highest BCUT2D eigenvalue weighted by Crippen LogP contribution is 2.23. The van der Waals surface area contributed by atoms with Crippen molar-refractivity contribution in [3.8, 4) is 0 Å². The summed E-state index contributed by atoms with van der Waals surface area (Å²) in [5.41, 5.74) is 0.341. The van der Waals surface area contributed by atoms with Gasteiger partial charge in [-0.2, -0.15) is 0 Å². The van der Waals surface area contributed by atoms with Crippen molar-refractivity contribution >= 4 is 46.6 Å². The van der Waals surface area contributed by atoms with Gasteiger partial charge in [-0.15, -0.1) is 0 Å². The number of aryl methyl sites for hydroxylation is 1. The topological polar surface area (TPSA) is 203 Å². The van der Waals surface area contributed by atoms with E-state index >= 15 is 0 Å². The van der Waals surface area contributed by atoms with Crippen molar-refractivity contribution in [1.29, 1.82) is 0 Å². The number of nitrogens with zero attached hydrogens (tertiary/aromatic N) is 1. The first kappa shape index (κ1) is 60.9. The lowest BCUT2D eigenvalue weighted by atomic mass is 9.89. The van der Waals surface area contributed by atoms with E-state index in [-0.39, 0.29) is 68.4 Å². The van der Waals surface area contributed by atoms with E-state index < -0.39 is 88.6 Å². The summed E-state index contributed by atoms with van der Waals surface area (Å²) in [5.74, 6) is -5.81. The van der Waals surface area contributed by atoms with Gasteiger partial charge < -0.3 is 30.1 Å². The van der Waals surface area contributed by atoms with Gasteiger partial charge in [0.2, 0.25) is 17.7 Å². The summed E-state index contributed by atoms with van der Waals surface area (Å²) in [6.45, 7) is 24.9. The number of hydrogen-bond donors (Lipinski definition) is 3. The second kappa shape index (κ2) is 29.0. The van der Waals surface area contributed by atoms with Crippen LogP contribution in [0.2, 0.25) is 0 Å². The summed E-state index contributed by atoms with van der Waals surface area (Å²) in [6, 6.07) is 4.43. The van der Waals surface area contributed by atoms with Gasteiger partial charge in [-0.05, 0) is 92.1 Å². The number of aliphatic hydroxyl groups is 1. The van der Waals surface area contributed by atoms with Crippen LogP contribution in [0.4, 0.5) is 0 Å². The summed E-state index contributed by atoms with van der Waals surface area (Å²) in [5, 5.41) is 15.9. The number of ether oxygens (including phenoxy) is 2. The SMILES string of the molecule is CCCCCCc1ccc(C(=O)C[C@H](COC(C)(C)C)C(=O)N[C@H](C)C(=O)CCC(=O)N(C)[C@H](C(=O)C[C@@H](C)C(=O)N[C@@H](CC(C)C)C(=O)CC(C)C(O)C(=O)CC)C(C)OC(C)(C)C)cc1. The van der Waals surface area contributed by atoms with E-state index in [4.69, 9.17) is 9.47 Å². The van der Waals surface area contributed by atoms with Crippen LogP contribution in [0.15, 0.2) is 24.3 Å². The zero-order valence-corrected chi connectivity index (χ0v) is 43.7. The van der Waals surface area contributed by atoms with Crippen LogP contribution in [-0.2, 0) is 49.5 Å². The first-order valence-electron chi connectivity index (χ1n) is 24.6. The molecule has 14 nitrogen and oxygen atoms in total. The molecule has 3 N–H and O–H groups in total. The molecule has 0 spiro atoms. The van der Waals surface area contributed by atoms with Crippen molar-refractivity contribution in [3.05, 3.63) is 35.4 Å². The summed E-state index contributed by atoms with van der Waals surface area (Å²) in [6.07, 6.45) is 2.76. The van der Waals surface area contributed by atoms with Gasteiger partial charge in [0.1, 0.15) is 12.1 Å². The molecule has 380 valence electrons. The van der Waals surface area contributed by atoms with E-state index in [0.717, 1.165) is 31.2 Å². The second-order valence-electron chi connectivity index (χ2n) is 21.0. The van der Waals surface area contributed by atoms with Crippen LogP contribution in [0, 0.1) is 23.7 Å². The third kappa shape index (κ3) is 23.1. The highest BCUT2D eigenvalue weighted by atomic mass is 16.5. The molecule has 3 unspecified atom stereocenters. The Balaban J connectivity index is 3.10. The third-order valence-electron chi connectivity index (χ3n) is 11.8. The van der Waals surface area contributed by atoms with Gasteiger partial charge in [-0.3, -0.25) is 38.4 Å². The Kier molecular flexibility index (Phi) is 26.4. The van der Waals surface area contributed by atoms with Gasteiger partial charge in [-0.1, -0.05) is 85.1 Å². The van der Waals surface area contributed by atoms with E-state index in [1.54, 1.807) is 39.8 Å². The first-order chi connectivity index (χ1) is 31.0. The molecule has 0 heterocycles. The Labute approximate surface area is 402 Å². The van der Waals surface area contributed by atoms with Crippen molar-refractivity contribution in [3.63, 3.8) is 0 Å². The van der Waals surface area contributed by atoms with E-state index in [0.29, 0.717) is 12.0 Å². The summed E-state index contributed by atoms with van der Waals surface area (Å²) in [7, 11) is 1.45. The van der Waals surface area contributed by atoms with E-state index in [2.05, 4.69) is 17.6 Å². The fourth-order valence-electron chi connectivity index (χ4n) is 7.81. The lowest BCUT2D eigenvalue weighted by Gasteiger charge is -2.36. The molecule has 0 bridgehead atoms. The van der Waals surface area contributed by atoms with Crippen LogP contribution in [0.5, 0.6) is 0 Å². The lowest BCUT2D eigenvalue weighted by Crippen LogP contribution is -2.52. The lowest BCUT2D eigenvalue weighted by molar-refractivity contribution is -0.150. The third-order valence-corrected chi connectivity index (χ3v) is 11.8. The number of aliphatic hydroxyl groups excluding tert-OH is 1. The Morgan fingerprint density at radius 2 is 1.31 bits per heavy atom. The zero-order valence-electron chi connectivity index (χ0n) is 43.7. The van der Waals surface area contributed by atoms with Crippen LogP contribution in [-0.4, -0.2) is 112 Å².